The van der Waals surface area contributed by atoms with Crippen LogP contribution >= 0.6 is 22.6 Å². The molecule has 0 atom stereocenters. The van der Waals surface area contributed by atoms with Gasteiger partial charge in [-0.1, -0.05) is 18.2 Å². The number of carbonyl (C=O) groups is 1. The molecule has 1 aliphatic rings. The summed E-state index contributed by atoms with van der Waals surface area (Å²) in [7, 11) is -3.78. The predicted octanol–water partition coefficient (Wildman–Crippen LogP) is 3.94. The average Bonchev–Trinajstić information content (AvgIpc) is 3.10. The van der Waals surface area contributed by atoms with Crippen LogP contribution in [0, 0.1) is 3.70 Å². The normalized spacial score (nSPS) is 15.2. The summed E-state index contributed by atoms with van der Waals surface area (Å²) >= 11 is 2.03. The maximum atomic E-state index is 13.3. The SMILES string of the molecule is CC(C)(C)OC(=O)N1CCN(c2ccnc3c2cc(I)n3S(=O)(=O)c2ccccc2)CC1. The predicted molar refractivity (Wildman–Crippen MR) is 131 cm³/mol. The van der Waals surface area contributed by atoms with Crippen molar-refractivity contribution in [3.05, 3.63) is 52.4 Å². The van der Waals surface area contributed by atoms with Crippen LogP contribution in [0.15, 0.2) is 53.6 Å². The molecule has 3 heterocycles. The summed E-state index contributed by atoms with van der Waals surface area (Å²) in [6.45, 7) is 7.84. The van der Waals surface area contributed by atoms with Gasteiger partial charge in [0.25, 0.3) is 10.0 Å². The molecule has 0 bridgehead atoms. The van der Waals surface area contributed by atoms with Crippen molar-refractivity contribution in [1.29, 1.82) is 0 Å². The fourth-order valence-corrected chi connectivity index (χ4v) is 6.38. The van der Waals surface area contributed by atoms with E-state index in [4.69, 9.17) is 4.74 Å². The van der Waals surface area contributed by atoms with Gasteiger partial charge in [0.1, 0.15) is 5.60 Å². The first-order valence-corrected chi connectivity index (χ1v) is 12.8. The first-order chi connectivity index (χ1) is 15.1. The summed E-state index contributed by atoms with van der Waals surface area (Å²) in [5.74, 6) is 0. The van der Waals surface area contributed by atoms with Gasteiger partial charge < -0.3 is 14.5 Å². The summed E-state index contributed by atoms with van der Waals surface area (Å²) in [5.41, 5.74) is 0.763. The minimum absolute atomic E-state index is 0.216. The van der Waals surface area contributed by atoms with Crippen LogP contribution in [0.5, 0.6) is 0 Å². The minimum atomic E-state index is -3.78. The molecule has 1 fully saturated rings. The second-order valence-electron chi connectivity index (χ2n) is 8.57. The fourth-order valence-electron chi connectivity index (χ4n) is 3.69. The van der Waals surface area contributed by atoms with E-state index in [2.05, 4.69) is 9.88 Å². The molecule has 1 amide bonds. The lowest BCUT2D eigenvalue weighted by molar-refractivity contribution is 0.0240. The van der Waals surface area contributed by atoms with Crippen molar-refractivity contribution < 1.29 is 17.9 Å². The van der Waals surface area contributed by atoms with E-state index in [0.29, 0.717) is 35.5 Å². The Hall–Kier alpha value is -2.34. The Labute approximate surface area is 201 Å². The molecule has 3 aromatic rings. The zero-order valence-corrected chi connectivity index (χ0v) is 21.1. The highest BCUT2D eigenvalue weighted by atomic mass is 127. The zero-order valence-electron chi connectivity index (χ0n) is 18.2. The van der Waals surface area contributed by atoms with Crippen molar-refractivity contribution in [3.63, 3.8) is 0 Å². The largest absolute Gasteiger partial charge is 0.444 e. The van der Waals surface area contributed by atoms with Gasteiger partial charge in [-0.05, 0) is 67.6 Å². The molecule has 0 unspecified atom stereocenters. The van der Waals surface area contributed by atoms with E-state index in [0.717, 1.165) is 11.1 Å². The first-order valence-electron chi connectivity index (χ1n) is 10.3. The Bertz CT molecular complexity index is 1240. The molecule has 0 aliphatic carbocycles. The molecular formula is C22H25IN4O4S. The van der Waals surface area contributed by atoms with Gasteiger partial charge >= 0.3 is 6.09 Å². The van der Waals surface area contributed by atoms with E-state index in [1.54, 1.807) is 41.4 Å². The highest BCUT2D eigenvalue weighted by Crippen LogP contribution is 2.32. The number of aromatic nitrogens is 2. The Kier molecular flexibility index (Phi) is 6.10. The van der Waals surface area contributed by atoms with E-state index in [-0.39, 0.29) is 11.0 Å². The summed E-state index contributed by atoms with van der Waals surface area (Å²) in [4.78, 5) is 20.8. The summed E-state index contributed by atoms with van der Waals surface area (Å²) < 4.78 is 33.9. The number of pyridine rings is 1. The van der Waals surface area contributed by atoms with Crippen LogP contribution in [-0.2, 0) is 14.8 Å². The standard InChI is InChI=1S/C22H25IN4O4S/c1-22(2,3)31-21(28)26-13-11-25(12-14-26)18-9-10-24-20-17(18)15-19(23)27(20)32(29,30)16-7-5-4-6-8-16/h4-10,15H,11-14H2,1-3H3. The van der Waals surface area contributed by atoms with Crippen LogP contribution in [0.2, 0.25) is 0 Å². The van der Waals surface area contributed by atoms with Gasteiger partial charge in [-0.25, -0.2) is 22.2 Å². The lowest BCUT2D eigenvalue weighted by Crippen LogP contribution is -2.50. The molecule has 0 N–H and O–H groups in total. The second kappa shape index (κ2) is 8.54. The summed E-state index contributed by atoms with van der Waals surface area (Å²) in [6.07, 6.45) is 1.32. The molecular weight excluding hydrogens is 543 g/mol. The number of rotatable bonds is 3. The van der Waals surface area contributed by atoms with Crippen LogP contribution < -0.4 is 4.90 Å². The fraction of sp³-hybridized carbons (Fsp3) is 0.364. The van der Waals surface area contributed by atoms with Crippen molar-refractivity contribution in [1.82, 2.24) is 13.9 Å². The smallest absolute Gasteiger partial charge is 0.410 e. The second-order valence-corrected chi connectivity index (χ2v) is 11.5. The van der Waals surface area contributed by atoms with Crippen molar-refractivity contribution in [2.24, 2.45) is 0 Å². The number of halogens is 1. The number of piperazine rings is 1. The van der Waals surface area contributed by atoms with Crippen molar-refractivity contribution >= 4 is 55.4 Å². The zero-order chi connectivity index (χ0) is 23.1. The highest BCUT2D eigenvalue weighted by Gasteiger charge is 2.28. The van der Waals surface area contributed by atoms with Crippen LogP contribution in [-0.4, -0.2) is 60.1 Å². The summed E-state index contributed by atoms with van der Waals surface area (Å²) in [6, 6.07) is 12.1. The van der Waals surface area contributed by atoms with E-state index in [9.17, 15) is 13.2 Å². The van der Waals surface area contributed by atoms with Gasteiger partial charge in [-0.2, -0.15) is 0 Å². The van der Waals surface area contributed by atoms with E-state index < -0.39 is 15.6 Å². The number of nitrogens with zero attached hydrogens (tertiary/aromatic N) is 4. The van der Waals surface area contributed by atoms with Gasteiger partial charge in [0.05, 0.1) is 8.60 Å². The Morgan fingerprint density at radius 1 is 1.06 bits per heavy atom. The van der Waals surface area contributed by atoms with E-state index >= 15 is 0 Å². The van der Waals surface area contributed by atoms with Gasteiger partial charge in [0, 0.05) is 43.4 Å². The molecule has 1 aliphatic heterocycles. The molecule has 4 rings (SSSR count). The van der Waals surface area contributed by atoms with Crippen LogP contribution in [0.25, 0.3) is 11.0 Å². The third-order valence-electron chi connectivity index (χ3n) is 5.15. The molecule has 8 nitrogen and oxygen atoms in total. The van der Waals surface area contributed by atoms with E-state index in [1.807, 2.05) is 55.5 Å². The first kappa shape index (κ1) is 22.8. The lowest BCUT2D eigenvalue weighted by Gasteiger charge is -2.37. The molecule has 0 radical (unpaired) electrons. The van der Waals surface area contributed by atoms with Crippen molar-refractivity contribution in [2.75, 3.05) is 31.1 Å². The monoisotopic (exact) mass is 568 g/mol. The number of ether oxygens (including phenoxy) is 1. The van der Waals surface area contributed by atoms with Crippen LogP contribution in [0.4, 0.5) is 10.5 Å². The number of anilines is 1. The maximum Gasteiger partial charge on any atom is 0.410 e. The molecule has 10 heteroatoms. The number of amides is 1. The van der Waals surface area contributed by atoms with Crippen molar-refractivity contribution in [3.8, 4) is 0 Å². The van der Waals surface area contributed by atoms with Gasteiger partial charge in [0.15, 0.2) is 5.65 Å². The highest BCUT2D eigenvalue weighted by molar-refractivity contribution is 14.1. The Morgan fingerprint density at radius 2 is 1.72 bits per heavy atom. The number of benzene rings is 1. The lowest BCUT2D eigenvalue weighted by atomic mass is 10.2. The molecule has 0 spiro atoms. The number of carbonyl (C=O) groups excluding carboxylic acids is 1. The number of hydrogen-bond acceptors (Lipinski definition) is 6. The molecule has 170 valence electrons. The number of hydrogen-bond donors (Lipinski definition) is 0. The molecule has 32 heavy (non-hydrogen) atoms. The van der Waals surface area contributed by atoms with E-state index in [1.165, 1.54) is 3.97 Å². The van der Waals surface area contributed by atoms with Gasteiger partial charge in [-0.15, -0.1) is 0 Å². The molecule has 2 aromatic heterocycles. The third-order valence-corrected chi connectivity index (χ3v) is 7.99. The van der Waals surface area contributed by atoms with Gasteiger partial charge in [-0.3, -0.25) is 0 Å². The van der Waals surface area contributed by atoms with Gasteiger partial charge in [0.2, 0.25) is 0 Å². The maximum absolute atomic E-state index is 13.3. The molecule has 0 saturated carbocycles. The third kappa shape index (κ3) is 4.42. The minimum Gasteiger partial charge on any atom is -0.444 e. The van der Waals surface area contributed by atoms with Crippen LogP contribution in [0.1, 0.15) is 20.8 Å². The quantitative estimate of drug-likeness (QED) is 0.446. The van der Waals surface area contributed by atoms with Crippen molar-refractivity contribution in [2.45, 2.75) is 31.3 Å². The average molecular weight is 568 g/mol. The topological polar surface area (TPSA) is 84.7 Å². The molecule has 1 saturated heterocycles. The Balaban J connectivity index is 1.63. The number of fused-ring (bicyclic) bond motifs is 1. The molecule has 1 aromatic carbocycles. The summed E-state index contributed by atoms with van der Waals surface area (Å²) in [5, 5.41) is 0.766. The Morgan fingerprint density at radius 3 is 2.34 bits per heavy atom. The van der Waals surface area contributed by atoms with Crippen LogP contribution in [0.3, 0.4) is 0 Å².